The molecule has 0 aliphatic heterocycles. The number of rotatable bonds is 10. The summed E-state index contributed by atoms with van der Waals surface area (Å²) in [5, 5.41) is 11.6. The molecule has 1 N–H and O–H groups in total. The smallest absolute Gasteiger partial charge is 0.305 e. The van der Waals surface area contributed by atoms with E-state index in [4.69, 9.17) is 5.11 Å². The highest BCUT2D eigenvalue weighted by Gasteiger charge is 2.10. The summed E-state index contributed by atoms with van der Waals surface area (Å²) < 4.78 is 0. The minimum Gasteiger partial charge on any atom is -0.481 e. The lowest BCUT2D eigenvalue weighted by Gasteiger charge is -2.20. The van der Waals surface area contributed by atoms with Crippen molar-refractivity contribution in [2.24, 2.45) is 0 Å². The normalized spacial score (nSPS) is 10.5. The Bertz CT molecular complexity index is 328. The van der Waals surface area contributed by atoms with Crippen LogP contribution in [0.1, 0.15) is 45.4 Å². The molecule has 0 saturated carbocycles. The van der Waals surface area contributed by atoms with Gasteiger partial charge in [-0.05, 0) is 6.42 Å². The van der Waals surface area contributed by atoms with Crippen molar-refractivity contribution in [1.29, 1.82) is 0 Å². The van der Waals surface area contributed by atoms with Crippen LogP contribution in [0.5, 0.6) is 0 Å². The van der Waals surface area contributed by atoms with Crippen molar-refractivity contribution in [3.05, 3.63) is 11.6 Å². The molecule has 0 aliphatic carbocycles. The monoisotopic (exact) mass is 270 g/mol. The highest BCUT2D eigenvalue weighted by molar-refractivity contribution is 7.13. The van der Waals surface area contributed by atoms with Crippen LogP contribution in [-0.2, 0) is 4.79 Å². The number of thiazole rings is 1. The molecule has 0 bridgehead atoms. The maximum absolute atomic E-state index is 10.6. The summed E-state index contributed by atoms with van der Waals surface area (Å²) in [5.41, 5.74) is 0. The minimum absolute atomic E-state index is 0.175. The maximum atomic E-state index is 10.6. The molecule has 102 valence electrons. The molecule has 0 fully saturated rings. The van der Waals surface area contributed by atoms with Crippen molar-refractivity contribution < 1.29 is 9.90 Å². The third-order valence-corrected chi connectivity index (χ3v) is 3.65. The molecule has 0 radical (unpaired) electrons. The van der Waals surface area contributed by atoms with E-state index < -0.39 is 5.97 Å². The number of carboxylic acid groups (broad SMARTS) is 1. The van der Waals surface area contributed by atoms with Crippen LogP contribution < -0.4 is 4.90 Å². The molecule has 0 spiro atoms. The van der Waals surface area contributed by atoms with Crippen LogP contribution in [-0.4, -0.2) is 29.1 Å². The average Bonchev–Trinajstić information content (AvgIpc) is 2.86. The largest absolute Gasteiger partial charge is 0.481 e. The SMILES string of the molecule is CCCCCCCN(CCC(=O)O)c1nccs1. The highest BCUT2D eigenvalue weighted by Crippen LogP contribution is 2.18. The minimum atomic E-state index is -0.748. The van der Waals surface area contributed by atoms with E-state index in [1.54, 1.807) is 17.5 Å². The van der Waals surface area contributed by atoms with Crippen molar-refractivity contribution in [3.63, 3.8) is 0 Å². The van der Waals surface area contributed by atoms with Crippen molar-refractivity contribution in [2.45, 2.75) is 45.4 Å². The van der Waals surface area contributed by atoms with Gasteiger partial charge in [-0.1, -0.05) is 32.6 Å². The molecule has 0 aromatic carbocycles. The van der Waals surface area contributed by atoms with Crippen LogP contribution in [0.25, 0.3) is 0 Å². The molecule has 1 heterocycles. The van der Waals surface area contributed by atoms with E-state index in [9.17, 15) is 4.79 Å². The molecule has 1 aromatic heterocycles. The van der Waals surface area contributed by atoms with E-state index in [0.29, 0.717) is 6.54 Å². The molecule has 0 aliphatic rings. The van der Waals surface area contributed by atoms with Crippen molar-refractivity contribution in [3.8, 4) is 0 Å². The summed E-state index contributed by atoms with van der Waals surface area (Å²) in [6.45, 7) is 3.66. The van der Waals surface area contributed by atoms with Crippen LogP contribution in [0.4, 0.5) is 5.13 Å². The molecule has 0 atom stereocenters. The molecule has 4 nitrogen and oxygen atoms in total. The topological polar surface area (TPSA) is 53.4 Å². The zero-order valence-corrected chi connectivity index (χ0v) is 11.8. The van der Waals surface area contributed by atoms with Crippen LogP contribution in [0, 0.1) is 0 Å². The average molecular weight is 270 g/mol. The first-order valence-electron chi connectivity index (χ1n) is 6.60. The zero-order chi connectivity index (χ0) is 13.2. The second-order valence-electron chi connectivity index (χ2n) is 4.36. The lowest BCUT2D eigenvalue weighted by molar-refractivity contribution is -0.136. The number of aliphatic carboxylic acids is 1. The van der Waals surface area contributed by atoms with Gasteiger partial charge in [0.1, 0.15) is 0 Å². The highest BCUT2D eigenvalue weighted by atomic mass is 32.1. The molecule has 5 heteroatoms. The molecule has 0 saturated heterocycles. The molecule has 1 aromatic rings. The Hall–Kier alpha value is -1.10. The molecule has 18 heavy (non-hydrogen) atoms. The zero-order valence-electron chi connectivity index (χ0n) is 11.0. The summed E-state index contributed by atoms with van der Waals surface area (Å²) in [4.78, 5) is 17.0. The molecular weight excluding hydrogens is 248 g/mol. The Morgan fingerprint density at radius 2 is 2.11 bits per heavy atom. The third kappa shape index (κ3) is 6.00. The van der Waals surface area contributed by atoms with E-state index in [-0.39, 0.29) is 6.42 Å². The van der Waals surface area contributed by atoms with Gasteiger partial charge in [0.2, 0.25) is 0 Å². The van der Waals surface area contributed by atoms with Crippen LogP contribution in [0.2, 0.25) is 0 Å². The number of nitrogens with zero attached hydrogens (tertiary/aromatic N) is 2. The van der Waals surface area contributed by atoms with Gasteiger partial charge in [-0.3, -0.25) is 4.79 Å². The third-order valence-electron chi connectivity index (χ3n) is 2.82. The summed E-state index contributed by atoms with van der Waals surface area (Å²) in [6.07, 6.45) is 8.06. The second kappa shape index (κ2) is 8.91. The van der Waals surface area contributed by atoms with Gasteiger partial charge >= 0.3 is 5.97 Å². The van der Waals surface area contributed by atoms with Crippen LogP contribution in [0.15, 0.2) is 11.6 Å². The van der Waals surface area contributed by atoms with Crippen LogP contribution >= 0.6 is 11.3 Å². The first-order valence-corrected chi connectivity index (χ1v) is 7.48. The lowest BCUT2D eigenvalue weighted by Crippen LogP contribution is -2.27. The first kappa shape index (κ1) is 15.0. The summed E-state index contributed by atoms with van der Waals surface area (Å²) in [5.74, 6) is -0.748. The number of aromatic nitrogens is 1. The van der Waals surface area contributed by atoms with Gasteiger partial charge in [0.05, 0.1) is 6.42 Å². The van der Waals surface area contributed by atoms with Gasteiger partial charge in [-0.15, -0.1) is 11.3 Å². The Morgan fingerprint density at radius 1 is 1.33 bits per heavy atom. The molecule has 0 unspecified atom stereocenters. The first-order chi connectivity index (χ1) is 8.74. The molecular formula is C13H22N2O2S. The standard InChI is InChI=1S/C13H22N2O2S/c1-2-3-4-5-6-9-15(10-7-12(16)17)13-14-8-11-18-13/h8,11H,2-7,9-10H2,1H3,(H,16,17). The number of carbonyl (C=O) groups is 1. The van der Waals surface area contributed by atoms with Gasteiger partial charge in [0.15, 0.2) is 5.13 Å². The predicted octanol–water partition coefficient (Wildman–Crippen LogP) is 3.39. The van der Waals surface area contributed by atoms with E-state index in [1.807, 2.05) is 5.38 Å². The van der Waals surface area contributed by atoms with E-state index >= 15 is 0 Å². The molecule has 0 amide bonds. The Labute approximate surface area is 113 Å². The van der Waals surface area contributed by atoms with Gasteiger partial charge in [-0.25, -0.2) is 4.98 Å². The maximum Gasteiger partial charge on any atom is 0.305 e. The van der Waals surface area contributed by atoms with Crippen molar-refractivity contribution in [1.82, 2.24) is 4.98 Å². The van der Waals surface area contributed by atoms with Gasteiger partial charge in [-0.2, -0.15) is 0 Å². The Morgan fingerprint density at radius 3 is 2.72 bits per heavy atom. The lowest BCUT2D eigenvalue weighted by atomic mass is 10.1. The fraction of sp³-hybridized carbons (Fsp3) is 0.692. The van der Waals surface area contributed by atoms with Crippen molar-refractivity contribution >= 4 is 22.4 Å². The Kier molecular flexibility index (Phi) is 7.41. The summed E-state index contributed by atoms with van der Waals surface area (Å²) in [7, 11) is 0. The number of carboxylic acids is 1. The number of hydrogen-bond donors (Lipinski definition) is 1. The fourth-order valence-corrected chi connectivity index (χ4v) is 2.51. The summed E-state index contributed by atoms with van der Waals surface area (Å²) >= 11 is 1.57. The second-order valence-corrected chi connectivity index (χ2v) is 5.23. The van der Waals surface area contributed by atoms with Gasteiger partial charge in [0.25, 0.3) is 0 Å². The number of unbranched alkanes of at least 4 members (excludes halogenated alkanes) is 4. The number of anilines is 1. The van der Waals surface area contributed by atoms with E-state index in [1.165, 1.54) is 25.7 Å². The fourth-order valence-electron chi connectivity index (χ4n) is 1.81. The number of hydrogen-bond acceptors (Lipinski definition) is 4. The van der Waals surface area contributed by atoms with Gasteiger partial charge < -0.3 is 10.0 Å². The van der Waals surface area contributed by atoms with E-state index in [2.05, 4.69) is 16.8 Å². The quantitative estimate of drug-likeness (QED) is 0.662. The van der Waals surface area contributed by atoms with Crippen molar-refractivity contribution in [2.75, 3.05) is 18.0 Å². The molecule has 1 rings (SSSR count). The summed E-state index contributed by atoms with van der Waals surface area (Å²) in [6, 6.07) is 0. The Balaban J connectivity index is 2.33. The van der Waals surface area contributed by atoms with Gasteiger partial charge in [0, 0.05) is 24.7 Å². The van der Waals surface area contributed by atoms with E-state index in [0.717, 1.165) is 18.1 Å². The van der Waals surface area contributed by atoms with Crippen LogP contribution in [0.3, 0.4) is 0 Å². The predicted molar refractivity (Wildman–Crippen MR) is 75.3 cm³/mol.